The molecular weight excluding hydrogens is 248 g/mol. The van der Waals surface area contributed by atoms with Crippen LogP contribution in [0.5, 0.6) is 0 Å². The van der Waals surface area contributed by atoms with Gasteiger partial charge in [-0.25, -0.2) is 0 Å². The van der Waals surface area contributed by atoms with Crippen molar-refractivity contribution in [2.24, 2.45) is 0 Å². The number of hydrogen-bond donors (Lipinski definition) is 2. The Morgan fingerprint density at radius 2 is 2.25 bits per heavy atom. The van der Waals surface area contributed by atoms with E-state index in [0.717, 1.165) is 13.2 Å². The molecule has 1 fully saturated rings. The van der Waals surface area contributed by atoms with Gasteiger partial charge < -0.3 is 15.4 Å². The Morgan fingerprint density at radius 1 is 1.40 bits per heavy atom. The molecule has 3 nitrogen and oxygen atoms in total. The van der Waals surface area contributed by atoms with Gasteiger partial charge in [0.15, 0.2) is 0 Å². The van der Waals surface area contributed by atoms with E-state index in [9.17, 15) is 0 Å². The predicted octanol–water partition coefficient (Wildman–Crippen LogP) is 3.98. The minimum absolute atomic E-state index is 0.194. The standard InChI is InChI=1S/C17H26N2O/c1-12-10-17(2,3)19-16-7-6-13(9-15(12)16)18-11-14-5-4-8-20-14/h6-7,9,12,14,18-19H,4-5,8,10-11H2,1-3H3. The average Bonchev–Trinajstić information content (AvgIpc) is 2.88. The Bertz CT molecular complexity index is 478. The van der Waals surface area contributed by atoms with Crippen molar-refractivity contribution < 1.29 is 4.74 Å². The third-order valence-corrected chi connectivity index (χ3v) is 4.43. The van der Waals surface area contributed by atoms with Gasteiger partial charge in [-0.3, -0.25) is 0 Å². The lowest BCUT2D eigenvalue weighted by Crippen LogP contribution is -2.36. The maximum Gasteiger partial charge on any atom is 0.0748 e. The van der Waals surface area contributed by atoms with Crippen molar-refractivity contribution in [2.75, 3.05) is 23.8 Å². The second kappa shape index (κ2) is 5.28. The fraction of sp³-hybridized carbons (Fsp3) is 0.647. The van der Waals surface area contributed by atoms with E-state index in [0.29, 0.717) is 12.0 Å². The largest absolute Gasteiger partial charge is 0.382 e. The minimum atomic E-state index is 0.194. The van der Waals surface area contributed by atoms with Crippen LogP contribution in [-0.4, -0.2) is 24.8 Å². The zero-order chi connectivity index (χ0) is 14.2. The van der Waals surface area contributed by atoms with Gasteiger partial charge in [0.25, 0.3) is 0 Å². The Hall–Kier alpha value is -1.22. The lowest BCUT2D eigenvalue weighted by atomic mass is 9.82. The normalized spacial score (nSPS) is 27.8. The van der Waals surface area contributed by atoms with Crippen LogP contribution >= 0.6 is 0 Å². The monoisotopic (exact) mass is 274 g/mol. The Morgan fingerprint density at radius 3 is 3.00 bits per heavy atom. The first-order valence-corrected chi connectivity index (χ1v) is 7.81. The summed E-state index contributed by atoms with van der Waals surface area (Å²) >= 11 is 0. The van der Waals surface area contributed by atoms with Gasteiger partial charge in [0, 0.05) is 30.1 Å². The molecule has 0 aromatic heterocycles. The molecule has 2 unspecified atom stereocenters. The van der Waals surface area contributed by atoms with Crippen LogP contribution in [0.1, 0.15) is 51.5 Å². The molecule has 1 aromatic carbocycles. The molecule has 0 radical (unpaired) electrons. The van der Waals surface area contributed by atoms with Crippen molar-refractivity contribution in [2.45, 2.75) is 57.6 Å². The molecule has 2 aliphatic rings. The molecule has 0 aliphatic carbocycles. The number of ether oxygens (including phenoxy) is 1. The molecule has 2 atom stereocenters. The highest BCUT2D eigenvalue weighted by Crippen LogP contribution is 2.39. The van der Waals surface area contributed by atoms with Crippen molar-refractivity contribution in [3.05, 3.63) is 23.8 Å². The van der Waals surface area contributed by atoms with Gasteiger partial charge in [-0.1, -0.05) is 6.92 Å². The summed E-state index contributed by atoms with van der Waals surface area (Å²) in [4.78, 5) is 0. The topological polar surface area (TPSA) is 33.3 Å². The molecule has 0 saturated carbocycles. The summed E-state index contributed by atoms with van der Waals surface area (Å²) in [7, 11) is 0. The third-order valence-electron chi connectivity index (χ3n) is 4.43. The van der Waals surface area contributed by atoms with E-state index >= 15 is 0 Å². The van der Waals surface area contributed by atoms with Crippen molar-refractivity contribution in [1.29, 1.82) is 0 Å². The molecule has 1 aromatic rings. The molecule has 3 rings (SSSR count). The van der Waals surface area contributed by atoms with Gasteiger partial charge in [-0.2, -0.15) is 0 Å². The summed E-state index contributed by atoms with van der Waals surface area (Å²) in [6.07, 6.45) is 3.95. The fourth-order valence-electron chi connectivity index (χ4n) is 3.52. The van der Waals surface area contributed by atoms with Crippen LogP contribution in [0.4, 0.5) is 11.4 Å². The van der Waals surface area contributed by atoms with E-state index in [4.69, 9.17) is 4.74 Å². The first-order valence-electron chi connectivity index (χ1n) is 7.81. The molecule has 110 valence electrons. The summed E-state index contributed by atoms with van der Waals surface area (Å²) in [6.45, 7) is 8.72. The molecule has 1 saturated heterocycles. The molecule has 3 heteroatoms. The van der Waals surface area contributed by atoms with Gasteiger partial charge in [0.1, 0.15) is 0 Å². The van der Waals surface area contributed by atoms with Gasteiger partial charge >= 0.3 is 0 Å². The predicted molar refractivity (Wildman–Crippen MR) is 84.6 cm³/mol. The number of anilines is 2. The van der Waals surface area contributed by atoms with Crippen LogP contribution in [0, 0.1) is 0 Å². The maximum atomic E-state index is 5.66. The number of hydrogen-bond acceptors (Lipinski definition) is 3. The van der Waals surface area contributed by atoms with Crippen molar-refractivity contribution in [3.8, 4) is 0 Å². The van der Waals surface area contributed by atoms with E-state index in [1.165, 1.54) is 36.2 Å². The van der Waals surface area contributed by atoms with Crippen LogP contribution in [0.15, 0.2) is 18.2 Å². The molecule has 0 spiro atoms. The second-order valence-electron chi connectivity index (χ2n) is 6.93. The smallest absolute Gasteiger partial charge is 0.0748 e. The summed E-state index contributed by atoms with van der Waals surface area (Å²) in [5.41, 5.74) is 4.13. The Kier molecular flexibility index (Phi) is 3.63. The van der Waals surface area contributed by atoms with Crippen molar-refractivity contribution in [1.82, 2.24) is 0 Å². The van der Waals surface area contributed by atoms with Crippen LogP contribution < -0.4 is 10.6 Å². The summed E-state index contributed by atoms with van der Waals surface area (Å²) in [5.74, 6) is 0.603. The summed E-state index contributed by atoms with van der Waals surface area (Å²) < 4.78 is 5.66. The van der Waals surface area contributed by atoms with Gasteiger partial charge in [0.2, 0.25) is 0 Å². The lowest BCUT2D eigenvalue weighted by molar-refractivity contribution is 0.120. The highest BCUT2D eigenvalue weighted by atomic mass is 16.5. The molecule has 2 N–H and O–H groups in total. The van der Waals surface area contributed by atoms with Crippen LogP contribution in [0.2, 0.25) is 0 Å². The zero-order valence-corrected chi connectivity index (χ0v) is 12.8. The quantitative estimate of drug-likeness (QED) is 0.875. The van der Waals surface area contributed by atoms with Crippen molar-refractivity contribution >= 4 is 11.4 Å². The van der Waals surface area contributed by atoms with E-state index in [-0.39, 0.29) is 5.54 Å². The second-order valence-corrected chi connectivity index (χ2v) is 6.93. The summed E-state index contributed by atoms with van der Waals surface area (Å²) in [5, 5.41) is 7.16. The SMILES string of the molecule is CC1CC(C)(C)Nc2ccc(NCC3CCCO3)cc21. The molecule has 2 heterocycles. The third kappa shape index (κ3) is 2.93. The van der Waals surface area contributed by atoms with Gasteiger partial charge in [-0.05, 0) is 62.8 Å². The Labute approximate surface area is 122 Å². The van der Waals surface area contributed by atoms with E-state index in [2.05, 4.69) is 49.6 Å². The molecule has 2 aliphatic heterocycles. The van der Waals surface area contributed by atoms with Gasteiger partial charge in [-0.15, -0.1) is 0 Å². The highest BCUT2D eigenvalue weighted by molar-refractivity contribution is 5.63. The van der Waals surface area contributed by atoms with E-state index in [1.54, 1.807) is 0 Å². The van der Waals surface area contributed by atoms with Gasteiger partial charge in [0.05, 0.1) is 6.10 Å². The van der Waals surface area contributed by atoms with Crippen LogP contribution in [0.25, 0.3) is 0 Å². The Balaban J connectivity index is 1.70. The average molecular weight is 274 g/mol. The number of fused-ring (bicyclic) bond motifs is 1. The molecule has 0 amide bonds. The lowest BCUT2D eigenvalue weighted by Gasteiger charge is -2.37. The molecule has 0 bridgehead atoms. The molecular formula is C17H26N2O. The fourth-order valence-corrected chi connectivity index (χ4v) is 3.52. The number of benzene rings is 1. The van der Waals surface area contributed by atoms with E-state index < -0.39 is 0 Å². The summed E-state index contributed by atoms with van der Waals surface area (Å²) in [6, 6.07) is 6.69. The molecule has 20 heavy (non-hydrogen) atoms. The van der Waals surface area contributed by atoms with Crippen LogP contribution in [-0.2, 0) is 4.74 Å². The maximum absolute atomic E-state index is 5.66. The zero-order valence-electron chi connectivity index (χ0n) is 12.8. The number of rotatable bonds is 3. The van der Waals surface area contributed by atoms with Crippen LogP contribution in [0.3, 0.4) is 0 Å². The van der Waals surface area contributed by atoms with E-state index in [1.807, 2.05) is 0 Å². The first-order chi connectivity index (χ1) is 9.53. The first kappa shape index (κ1) is 13.7. The number of nitrogens with one attached hydrogen (secondary N) is 2. The minimum Gasteiger partial charge on any atom is -0.382 e. The van der Waals surface area contributed by atoms with Crippen molar-refractivity contribution in [3.63, 3.8) is 0 Å². The highest BCUT2D eigenvalue weighted by Gasteiger charge is 2.29.